The lowest BCUT2D eigenvalue weighted by atomic mass is 9.96. The maximum absolute atomic E-state index is 12.5. The van der Waals surface area contributed by atoms with Gasteiger partial charge in [-0.1, -0.05) is 6.07 Å². The van der Waals surface area contributed by atoms with E-state index in [1.54, 1.807) is 43.0 Å². The molecule has 0 radical (unpaired) electrons. The van der Waals surface area contributed by atoms with Crippen molar-refractivity contribution < 1.29 is 9.90 Å². The van der Waals surface area contributed by atoms with E-state index in [9.17, 15) is 9.90 Å². The zero-order chi connectivity index (χ0) is 14.0. The number of likely N-dealkylation sites (tertiary alicyclic amines) is 1. The van der Waals surface area contributed by atoms with Crippen LogP contribution in [0.4, 0.5) is 0 Å². The molecular weight excluding hydrogens is 240 g/mol. The minimum Gasteiger partial charge on any atom is -0.388 e. The first-order valence-electron chi connectivity index (χ1n) is 6.47. The molecular formula is C15H18N2O2. The zero-order valence-corrected chi connectivity index (χ0v) is 11.3. The van der Waals surface area contributed by atoms with Crippen molar-refractivity contribution >= 4 is 5.91 Å². The highest BCUT2D eigenvalue weighted by atomic mass is 16.3. The van der Waals surface area contributed by atoms with Crippen LogP contribution >= 0.6 is 0 Å². The first-order valence-corrected chi connectivity index (χ1v) is 6.47. The summed E-state index contributed by atoms with van der Waals surface area (Å²) in [6.45, 7) is 4.12. The second-order valence-corrected chi connectivity index (χ2v) is 5.50. The van der Waals surface area contributed by atoms with Gasteiger partial charge in [-0.25, -0.2) is 0 Å². The average molecular weight is 258 g/mol. The Balaban J connectivity index is 2.26. The highest BCUT2D eigenvalue weighted by Gasteiger charge is 2.38. The first kappa shape index (κ1) is 13.6. The van der Waals surface area contributed by atoms with Gasteiger partial charge in [0.2, 0.25) is 0 Å². The smallest absolute Gasteiger partial charge is 0.254 e. The van der Waals surface area contributed by atoms with Crippen molar-refractivity contribution in [3.8, 4) is 6.07 Å². The van der Waals surface area contributed by atoms with Crippen LogP contribution in [-0.2, 0) is 0 Å². The second kappa shape index (κ2) is 5.02. The molecule has 0 saturated carbocycles. The molecule has 1 saturated heterocycles. The Bertz CT molecular complexity index is 526. The summed E-state index contributed by atoms with van der Waals surface area (Å²) in [6.07, 6.45) is 1.71. The van der Waals surface area contributed by atoms with Crippen LogP contribution in [0.25, 0.3) is 0 Å². The molecule has 1 aromatic rings. The van der Waals surface area contributed by atoms with Gasteiger partial charge in [-0.2, -0.15) is 5.26 Å². The molecule has 1 aromatic carbocycles. The van der Waals surface area contributed by atoms with E-state index in [2.05, 4.69) is 0 Å². The third-order valence-corrected chi connectivity index (χ3v) is 3.57. The van der Waals surface area contributed by atoms with Crippen molar-refractivity contribution in [3.05, 3.63) is 35.4 Å². The Morgan fingerprint density at radius 1 is 1.53 bits per heavy atom. The van der Waals surface area contributed by atoms with Crippen molar-refractivity contribution in [2.24, 2.45) is 0 Å². The summed E-state index contributed by atoms with van der Waals surface area (Å²) in [4.78, 5) is 14.2. The number of nitriles is 1. The predicted molar refractivity (Wildman–Crippen MR) is 71.5 cm³/mol. The molecule has 4 nitrogen and oxygen atoms in total. The zero-order valence-electron chi connectivity index (χ0n) is 11.3. The van der Waals surface area contributed by atoms with Gasteiger partial charge in [0.25, 0.3) is 5.91 Å². The van der Waals surface area contributed by atoms with E-state index < -0.39 is 5.60 Å². The molecule has 19 heavy (non-hydrogen) atoms. The number of hydrogen-bond donors (Lipinski definition) is 1. The number of benzene rings is 1. The number of rotatable bonds is 2. The molecule has 1 N–H and O–H groups in total. The average Bonchev–Trinajstić information content (AvgIpc) is 2.87. The summed E-state index contributed by atoms with van der Waals surface area (Å²) in [7, 11) is 0. The largest absolute Gasteiger partial charge is 0.388 e. The summed E-state index contributed by atoms with van der Waals surface area (Å²) < 4.78 is 0. The van der Waals surface area contributed by atoms with Gasteiger partial charge < -0.3 is 10.0 Å². The molecule has 100 valence electrons. The summed E-state index contributed by atoms with van der Waals surface area (Å²) in [5.74, 6) is -0.110. The molecule has 1 aliphatic heterocycles. The molecule has 0 aliphatic carbocycles. The van der Waals surface area contributed by atoms with Crippen LogP contribution in [-0.4, -0.2) is 34.1 Å². The summed E-state index contributed by atoms with van der Waals surface area (Å²) >= 11 is 0. The number of amides is 1. The lowest BCUT2D eigenvalue weighted by Crippen LogP contribution is -2.48. The summed E-state index contributed by atoms with van der Waals surface area (Å²) in [6, 6.07) is 8.57. The molecule has 1 fully saturated rings. The topological polar surface area (TPSA) is 64.3 Å². The Labute approximate surface area is 113 Å². The van der Waals surface area contributed by atoms with E-state index in [4.69, 9.17) is 5.26 Å². The van der Waals surface area contributed by atoms with Crippen LogP contribution in [0, 0.1) is 11.3 Å². The molecule has 0 aromatic heterocycles. The molecule has 1 amide bonds. The normalized spacial score (nSPS) is 19.3. The molecule has 1 aliphatic rings. The monoisotopic (exact) mass is 258 g/mol. The fourth-order valence-corrected chi connectivity index (χ4v) is 2.63. The maximum atomic E-state index is 12.5. The molecule has 1 atom stereocenters. The van der Waals surface area contributed by atoms with Gasteiger partial charge in [0.1, 0.15) is 0 Å². The third-order valence-electron chi connectivity index (χ3n) is 3.57. The molecule has 2 rings (SSSR count). The molecule has 1 heterocycles. The third kappa shape index (κ3) is 2.77. The Hall–Kier alpha value is -1.86. The van der Waals surface area contributed by atoms with Crippen LogP contribution in [0.5, 0.6) is 0 Å². The molecule has 1 unspecified atom stereocenters. The van der Waals surface area contributed by atoms with Crippen LogP contribution < -0.4 is 0 Å². The lowest BCUT2D eigenvalue weighted by Gasteiger charge is -2.33. The van der Waals surface area contributed by atoms with Gasteiger partial charge >= 0.3 is 0 Å². The summed E-state index contributed by atoms with van der Waals surface area (Å²) in [5.41, 5.74) is 0.0824. The minimum absolute atomic E-state index is 0.110. The number of carbonyl (C=O) groups excluding carboxylic acids is 1. The molecule has 4 heteroatoms. The standard InChI is InChI=1S/C15H18N2O2/c1-15(2,19)13-7-4-8-17(13)14(18)12-6-3-5-11(9-12)10-16/h3,5-6,9,13,19H,4,7-8H2,1-2H3. The quantitative estimate of drug-likeness (QED) is 0.881. The van der Waals surface area contributed by atoms with Crippen LogP contribution in [0.3, 0.4) is 0 Å². The SMILES string of the molecule is CC(C)(O)C1CCCN1C(=O)c1cccc(C#N)c1. The van der Waals surface area contributed by atoms with E-state index in [1.165, 1.54) is 0 Å². The number of carbonyl (C=O) groups is 1. The first-order chi connectivity index (χ1) is 8.93. The van der Waals surface area contributed by atoms with Crippen LogP contribution in [0.15, 0.2) is 24.3 Å². The van der Waals surface area contributed by atoms with Gasteiger partial charge in [-0.15, -0.1) is 0 Å². The van der Waals surface area contributed by atoms with Crippen molar-refractivity contribution in [2.45, 2.75) is 38.3 Å². The van der Waals surface area contributed by atoms with Crippen molar-refractivity contribution in [3.63, 3.8) is 0 Å². The fourth-order valence-electron chi connectivity index (χ4n) is 2.63. The van der Waals surface area contributed by atoms with E-state index in [0.29, 0.717) is 17.7 Å². The van der Waals surface area contributed by atoms with Crippen molar-refractivity contribution in [2.75, 3.05) is 6.54 Å². The van der Waals surface area contributed by atoms with E-state index in [-0.39, 0.29) is 11.9 Å². The minimum atomic E-state index is -0.904. The number of aliphatic hydroxyl groups is 1. The fraction of sp³-hybridized carbons (Fsp3) is 0.467. The molecule has 0 bridgehead atoms. The van der Waals surface area contributed by atoms with E-state index in [1.807, 2.05) is 6.07 Å². The van der Waals surface area contributed by atoms with Gasteiger partial charge in [0, 0.05) is 12.1 Å². The van der Waals surface area contributed by atoms with Crippen molar-refractivity contribution in [1.29, 1.82) is 5.26 Å². The second-order valence-electron chi connectivity index (χ2n) is 5.50. The van der Waals surface area contributed by atoms with Crippen LogP contribution in [0.1, 0.15) is 42.6 Å². The maximum Gasteiger partial charge on any atom is 0.254 e. The predicted octanol–water partition coefficient (Wildman–Crippen LogP) is 1.93. The number of nitrogens with zero attached hydrogens (tertiary/aromatic N) is 2. The van der Waals surface area contributed by atoms with Gasteiger partial charge in [0.05, 0.1) is 23.3 Å². The van der Waals surface area contributed by atoms with Crippen molar-refractivity contribution in [1.82, 2.24) is 4.90 Å². The highest BCUT2D eigenvalue weighted by Crippen LogP contribution is 2.28. The Morgan fingerprint density at radius 3 is 2.89 bits per heavy atom. The van der Waals surface area contributed by atoms with E-state index >= 15 is 0 Å². The van der Waals surface area contributed by atoms with E-state index in [0.717, 1.165) is 12.8 Å². The Kier molecular flexibility index (Phi) is 3.59. The molecule has 0 spiro atoms. The number of hydrogen-bond acceptors (Lipinski definition) is 3. The Morgan fingerprint density at radius 2 is 2.26 bits per heavy atom. The van der Waals surface area contributed by atoms with Crippen LogP contribution in [0.2, 0.25) is 0 Å². The van der Waals surface area contributed by atoms with Gasteiger partial charge in [0.15, 0.2) is 0 Å². The lowest BCUT2D eigenvalue weighted by molar-refractivity contribution is 0.000335. The van der Waals surface area contributed by atoms with Gasteiger partial charge in [-0.05, 0) is 44.9 Å². The highest BCUT2D eigenvalue weighted by molar-refractivity contribution is 5.95. The summed E-state index contributed by atoms with van der Waals surface area (Å²) in [5, 5.41) is 19.0. The van der Waals surface area contributed by atoms with Gasteiger partial charge in [-0.3, -0.25) is 4.79 Å².